The zero-order valence-electron chi connectivity index (χ0n) is 14.3. The predicted molar refractivity (Wildman–Crippen MR) is 92.7 cm³/mol. The van der Waals surface area contributed by atoms with Crippen LogP contribution in [0.2, 0.25) is 0 Å². The van der Waals surface area contributed by atoms with Crippen LogP contribution in [0.3, 0.4) is 0 Å². The largest absolute Gasteiger partial charge is 0.389 e. The number of benzene rings is 1. The highest BCUT2D eigenvalue weighted by molar-refractivity contribution is 5.97. The molecule has 1 aromatic carbocycles. The Bertz CT molecular complexity index is 523. The van der Waals surface area contributed by atoms with Crippen LogP contribution in [0.15, 0.2) is 24.3 Å². The number of Topliss-reactive ketones (excluding diaryl/α,β-unsaturated/α-hetero) is 1. The Morgan fingerprint density at radius 2 is 1.74 bits per heavy atom. The fourth-order valence-electron chi connectivity index (χ4n) is 4.09. The summed E-state index contributed by atoms with van der Waals surface area (Å²) in [6, 6.07) is 7.94. The molecule has 1 saturated heterocycles. The number of nitrogens with zero attached hydrogens (tertiary/aromatic N) is 1. The van der Waals surface area contributed by atoms with Gasteiger partial charge in [-0.05, 0) is 45.7 Å². The van der Waals surface area contributed by atoms with Crippen molar-refractivity contribution in [1.29, 1.82) is 0 Å². The number of rotatable bonds is 4. The van der Waals surface area contributed by atoms with E-state index in [4.69, 9.17) is 0 Å². The highest BCUT2D eigenvalue weighted by Crippen LogP contribution is 2.30. The van der Waals surface area contributed by atoms with E-state index in [1.165, 1.54) is 12.0 Å². The summed E-state index contributed by atoms with van der Waals surface area (Å²) < 4.78 is 0. The highest BCUT2D eigenvalue weighted by atomic mass is 16.3. The fraction of sp³-hybridized carbons (Fsp3) is 0.650. The van der Waals surface area contributed by atoms with E-state index in [2.05, 4.69) is 4.90 Å². The number of hydrogen-bond acceptors (Lipinski definition) is 3. The van der Waals surface area contributed by atoms with Gasteiger partial charge < -0.3 is 10.0 Å². The van der Waals surface area contributed by atoms with Crippen LogP contribution in [0, 0.1) is 12.8 Å². The van der Waals surface area contributed by atoms with Crippen LogP contribution in [0.5, 0.6) is 0 Å². The first-order valence-electron chi connectivity index (χ1n) is 9.11. The SMILES string of the molecule is Cc1ccc(C(=O)C2CCN(CC3(O)CCCCC3)CC2)cc1. The molecule has 126 valence electrons. The summed E-state index contributed by atoms with van der Waals surface area (Å²) in [5.41, 5.74) is 1.56. The van der Waals surface area contributed by atoms with Crippen LogP contribution < -0.4 is 0 Å². The molecule has 1 aromatic rings. The quantitative estimate of drug-likeness (QED) is 0.863. The van der Waals surface area contributed by atoms with Crippen molar-refractivity contribution in [3.05, 3.63) is 35.4 Å². The van der Waals surface area contributed by atoms with Gasteiger partial charge in [0.15, 0.2) is 5.78 Å². The molecule has 0 bridgehead atoms. The second-order valence-electron chi connectivity index (χ2n) is 7.57. The van der Waals surface area contributed by atoms with Gasteiger partial charge in [-0.15, -0.1) is 0 Å². The number of β-amino-alcohol motifs (C(OH)–C–C–N with tert-alkyl or cyclic N) is 1. The van der Waals surface area contributed by atoms with Crippen molar-refractivity contribution in [3.8, 4) is 0 Å². The number of hydrogen-bond donors (Lipinski definition) is 1. The Morgan fingerprint density at radius 3 is 2.35 bits per heavy atom. The topological polar surface area (TPSA) is 40.5 Å². The van der Waals surface area contributed by atoms with E-state index >= 15 is 0 Å². The maximum absolute atomic E-state index is 12.6. The number of aryl methyl sites for hydroxylation is 1. The molecule has 0 radical (unpaired) electrons. The molecule has 1 aliphatic carbocycles. The third-order valence-corrected chi connectivity index (χ3v) is 5.60. The molecule has 0 unspecified atom stereocenters. The van der Waals surface area contributed by atoms with Gasteiger partial charge in [0.1, 0.15) is 0 Å². The zero-order valence-corrected chi connectivity index (χ0v) is 14.3. The van der Waals surface area contributed by atoms with E-state index in [9.17, 15) is 9.90 Å². The lowest BCUT2D eigenvalue weighted by atomic mass is 9.83. The van der Waals surface area contributed by atoms with Crippen molar-refractivity contribution in [2.75, 3.05) is 19.6 Å². The maximum atomic E-state index is 12.6. The van der Waals surface area contributed by atoms with Gasteiger partial charge >= 0.3 is 0 Å². The molecule has 3 heteroatoms. The van der Waals surface area contributed by atoms with Crippen LogP contribution in [-0.4, -0.2) is 41.0 Å². The first kappa shape index (κ1) is 16.7. The van der Waals surface area contributed by atoms with Crippen LogP contribution in [0.1, 0.15) is 60.9 Å². The van der Waals surface area contributed by atoms with Crippen molar-refractivity contribution >= 4 is 5.78 Å². The second kappa shape index (κ2) is 7.14. The number of carbonyl (C=O) groups excluding carboxylic acids is 1. The van der Waals surface area contributed by atoms with Gasteiger partial charge in [0.05, 0.1) is 5.60 Å². The average molecular weight is 315 g/mol. The Hall–Kier alpha value is -1.19. The normalized spacial score (nSPS) is 22.9. The summed E-state index contributed by atoms with van der Waals surface area (Å²) in [5.74, 6) is 0.441. The Balaban J connectivity index is 1.51. The number of aliphatic hydroxyl groups is 1. The first-order valence-corrected chi connectivity index (χ1v) is 9.11. The van der Waals surface area contributed by atoms with Gasteiger partial charge in [-0.2, -0.15) is 0 Å². The second-order valence-corrected chi connectivity index (χ2v) is 7.57. The molecular weight excluding hydrogens is 286 g/mol. The van der Waals surface area contributed by atoms with Gasteiger partial charge in [-0.25, -0.2) is 0 Å². The lowest BCUT2D eigenvalue weighted by Gasteiger charge is -2.39. The standard InChI is InChI=1S/C20H29NO2/c1-16-5-7-17(8-6-16)19(22)18-9-13-21(14-10-18)15-20(23)11-3-2-4-12-20/h5-8,18,23H,2-4,9-15H2,1H3. The van der Waals surface area contributed by atoms with Gasteiger partial charge in [0, 0.05) is 18.0 Å². The molecule has 3 nitrogen and oxygen atoms in total. The van der Waals surface area contributed by atoms with Crippen LogP contribution in [0.4, 0.5) is 0 Å². The van der Waals surface area contributed by atoms with Crippen LogP contribution in [-0.2, 0) is 0 Å². The summed E-state index contributed by atoms with van der Waals surface area (Å²) in [5, 5.41) is 10.7. The summed E-state index contributed by atoms with van der Waals surface area (Å²) in [6.07, 6.45) is 7.28. The minimum atomic E-state index is -0.480. The maximum Gasteiger partial charge on any atom is 0.166 e. The first-order chi connectivity index (χ1) is 11.1. The smallest absolute Gasteiger partial charge is 0.166 e. The fourth-order valence-corrected chi connectivity index (χ4v) is 4.09. The molecular formula is C20H29NO2. The number of likely N-dealkylation sites (tertiary alicyclic amines) is 1. The molecule has 0 spiro atoms. The minimum absolute atomic E-state index is 0.148. The van der Waals surface area contributed by atoms with Gasteiger partial charge in [-0.1, -0.05) is 49.1 Å². The molecule has 23 heavy (non-hydrogen) atoms. The zero-order chi connectivity index (χ0) is 16.3. The van der Waals surface area contributed by atoms with E-state index < -0.39 is 5.60 Å². The van der Waals surface area contributed by atoms with E-state index in [-0.39, 0.29) is 5.92 Å². The number of piperidine rings is 1. The van der Waals surface area contributed by atoms with E-state index in [0.717, 1.165) is 63.7 Å². The molecule has 1 saturated carbocycles. The van der Waals surface area contributed by atoms with Crippen molar-refractivity contribution in [3.63, 3.8) is 0 Å². The Morgan fingerprint density at radius 1 is 1.13 bits per heavy atom. The van der Waals surface area contributed by atoms with Crippen LogP contribution >= 0.6 is 0 Å². The molecule has 0 aromatic heterocycles. The predicted octanol–water partition coefficient (Wildman–Crippen LogP) is 3.58. The molecule has 0 atom stereocenters. The van der Waals surface area contributed by atoms with E-state index in [1.807, 2.05) is 31.2 Å². The van der Waals surface area contributed by atoms with Crippen molar-refractivity contribution in [2.24, 2.45) is 5.92 Å². The summed E-state index contributed by atoms with van der Waals surface area (Å²) in [6.45, 7) is 4.70. The summed E-state index contributed by atoms with van der Waals surface area (Å²) in [4.78, 5) is 15.0. The van der Waals surface area contributed by atoms with E-state index in [0.29, 0.717) is 5.78 Å². The number of carbonyl (C=O) groups is 1. The molecule has 1 aliphatic heterocycles. The van der Waals surface area contributed by atoms with Crippen molar-refractivity contribution in [2.45, 2.75) is 57.5 Å². The Kier molecular flexibility index (Phi) is 5.17. The van der Waals surface area contributed by atoms with Gasteiger partial charge in [0.25, 0.3) is 0 Å². The third-order valence-electron chi connectivity index (χ3n) is 5.60. The van der Waals surface area contributed by atoms with Crippen molar-refractivity contribution in [1.82, 2.24) is 4.90 Å². The minimum Gasteiger partial charge on any atom is -0.389 e. The lowest BCUT2D eigenvalue weighted by molar-refractivity contribution is -0.0318. The average Bonchev–Trinajstić information content (AvgIpc) is 2.56. The van der Waals surface area contributed by atoms with Gasteiger partial charge in [-0.3, -0.25) is 4.79 Å². The summed E-state index contributed by atoms with van der Waals surface area (Å²) in [7, 11) is 0. The monoisotopic (exact) mass is 315 g/mol. The van der Waals surface area contributed by atoms with Crippen molar-refractivity contribution < 1.29 is 9.90 Å². The summed E-state index contributed by atoms with van der Waals surface area (Å²) >= 11 is 0. The molecule has 2 aliphatic rings. The molecule has 3 rings (SSSR count). The molecule has 1 N–H and O–H groups in total. The molecule has 1 heterocycles. The lowest BCUT2D eigenvalue weighted by Crippen LogP contribution is -2.47. The molecule has 2 fully saturated rings. The highest BCUT2D eigenvalue weighted by Gasteiger charge is 2.33. The number of ketones is 1. The Labute approximate surface area is 139 Å². The third kappa shape index (κ3) is 4.21. The van der Waals surface area contributed by atoms with Crippen LogP contribution in [0.25, 0.3) is 0 Å². The molecule has 0 amide bonds. The van der Waals surface area contributed by atoms with E-state index in [1.54, 1.807) is 0 Å². The van der Waals surface area contributed by atoms with Gasteiger partial charge in [0.2, 0.25) is 0 Å².